The van der Waals surface area contributed by atoms with E-state index in [4.69, 9.17) is 0 Å². The van der Waals surface area contributed by atoms with Crippen molar-refractivity contribution in [3.8, 4) is 0 Å². The van der Waals surface area contributed by atoms with Crippen LogP contribution in [0.1, 0.15) is 58.3 Å². The third-order valence-corrected chi connectivity index (χ3v) is 5.99. The highest BCUT2D eigenvalue weighted by molar-refractivity contribution is 5.85. The van der Waals surface area contributed by atoms with Gasteiger partial charge in [-0.05, 0) is 44.4 Å². The number of guanidine groups is 1. The summed E-state index contributed by atoms with van der Waals surface area (Å²) < 4.78 is 0. The Morgan fingerprint density at radius 1 is 1.00 bits per heavy atom. The van der Waals surface area contributed by atoms with Gasteiger partial charge >= 0.3 is 0 Å². The number of nitrogens with one attached hydrogen (secondary N) is 3. The molecular formula is C20H37N5O2. The molecule has 154 valence electrons. The molecule has 7 heteroatoms. The highest BCUT2D eigenvalue weighted by Crippen LogP contribution is 2.25. The molecule has 2 rings (SSSR count). The van der Waals surface area contributed by atoms with E-state index in [0.29, 0.717) is 18.0 Å². The molecule has 2 unspecified atom stereocenters. The standard InChI is InChI=1S/C20H37N5O2/c1-14-7-5-6-8-17(14)24-20(22-13-18(26)25(3)4)23-16-11-9-15(10-12-16)19(27)21-2/h14-17H,5-13H2,1-4H3,(H,21,27)(H2,22,23,24). The van der Waals surface area contributed by atoms with E-state index < -0.39 is 0 Å². The van der Waals surface area contributed by atoms with Crippen molar-refractivity contribution in [3.05, 3.63) is 0 Å². The van der Waals surface area contributed by atoms with Gasteiger partial charge in [0.15, 0.2) is 5.96 Å². The van der Waals surface area contributed by atoms with E-state index in [0.717, 1.165) is 38.1 Å². The van der Waals surface area contributed by atoms with Crippen LogP contribution in [-0.4, -0.2) is 62.4 Å². The molecule has 2 aliphatic rings. The summed E-state index contributed by atoms with van der Waals surface area (Å²) in [7, 11) is 5.21. The van der Waals surface area contributed by atoms with Crippen LogP contribution in [0.4, 0.5) is 0 Å². The summed E-state index contributed by atoms with van der Waals surface area (Å²) in [6.07, 6.45) is 8.58. The number of carbonyl (C=O) groups is 2. The first kappa shape index (κ1) is 21.5. The van der Waals surface area contributed by atoms with Crippen LogP contribution in [0, 0.1) is 11.8 Å². The Morgan fingerprint density at radius 2 is 1.67 bits per heavy atom. The molecule has 0 aromatic heterocycles. The van der Waals surface area contributed by atoms with Gasteiger partial charge in [0.05, 0.1) is 0 Å². The number of nitrogens with zero attached hydrogens (tertiary/aromatic N) is 2. The van der Waals surface area contributed by atoms with Crippen molar-refractivity contribution in [2.24, 2.45) is 16.8 Å². The number of hydrogen-bond donors (Lipinski definition) is 3. The van der Waals surface area contributed by atoms with Gasteiger partial charge in [-0.2, -0.15) is 0 Å². The molecule has 2 aliphatic carbocycles. The molecule has 3 N–H and O–H groups in total. The van der Waals surface area contributed by atoms with E-state index in [9.17, 15) is 9.59 Å². The normalized spacial score (nSPS) is 29.0. The van der Waals surface area contributed by atoms with Crippen molar-refractivity contribution in [2.45, 2.75) is 70.4 Å². The van der Waals surface area contributed by atoms with Crippen molar-refractivity contribution in [3.63, 3.8) is 0 Å². The minimum absolute atomic E-state index is 0.00359. The number of aliphatic imine (C=N–C) groups is 1. The van der Waals surface area contributed by atoms with Gasteiger partial charge in [0.25, 0.3) is 0 Å². The van der Waals surface area contributed by atoms with Crippen LogP contribution in [0.3, 0.4) is 0 Å². The Labute approximate surface area is 163 Å². The van der Waals surface area contributed by atoms with E-state index in [-0.39, 0.29) is 24.3 Å². The average molecular weight is 380 g/mol. The first-order chi connectivity index (χ1) is 12.9. The lowest BCUT2D eigenvalue weighted by Crippen LogP contribution is -2.51. The minimum atomic E-state index is -0.00359. The second kappa shape index (κ2) is 10.5. The smallest absolute Gasteiger partial charge is 0.243 e. The molecule has 0 bridgehead atoms. The molecule has 0 saturated heterocycles. The third kappa shape index (κ3) is 6.70. The molecular weight excluding hydrogens is 342 g/mol. The van der Waals surface area contributed by atoms with E-state index in [1.807, 2.05) is 0 Å². The molecule has 0 heterocycles. The minimum Gasteiger partial charge on any atom is -0.359 e. The van der Waals surface area contributed by atoms with Crippen molar-refractivity contribution in [1.82, 2.24) is 20.9 Å². The number of hydrogen-bond acceptors (Lipinski definition) is 3. The summed E-state index contributed by atoms with van der Waals surface area (Å²) in [6, 6.07) is 0.701. The first-order valence-corrected chi connectivity index (χ1v) is 10.4. The Balaban J connectivity index is 1.96. The zero-order valence-corrected chi connectivity index (χ0v) is 17.4. The third-order valence-electron chi connectivity index (χ3n) is 5.99. The summed E-state index contributed by atoms with van der Waals surface area (Å²) in [4.78, 5) is 29.9. The molecule has 0 aliphatic heterocycles. The number of rotatable bonds is 5. The predicted octanol–water partition coefficient (Wildman–Crippen LogP) is 1.49. The molecule has 0 spiro atoms. The predicted molar refractivity (Wildman–Crippen MR) is 109 cm³/mol. The van der Waals surface area contributed by atoms with E-state index in [2.05, 4.69) is 27.9 Å². The summed E-state index contributed by atoms with van der Waals surface area (Å²) in [5, 5.41) is 9.87. The summed E-state index contributed by atoms with van der Waals surface area (Å²) in [5.74, 6) is 1.62. The number of likely N-dealkylation sites (N-methyl/N-ethyl adjacent to an activating group) is 1. The van der Waals surface area contributed by atoms with E-state index >= 15 is 0 Å². The van der Waals surface area contributed by atoms with Crippen LogP contribution in [0.2, 0.25) is 0 Å². The Morgan fingerprint density at radius 3 is 2.26 bits per heavy atom. The molecule has 2 fully saturated rings. The lowest BCUT2D eigenvalue weighted by molar-refractivity contribution is -0.127. The lowest BCUT2D eigenvalue weighted by Gasteiger charge is -2.33. The lowest BCUT2D eigenvalue weighted by atomic mass is 9.85. The Bertz CT molecular complexity index is 526. The van der Waals surface area contributed by atoms with Gasteiger partial charge in [0.1, 0.15) is 6.54 Å². The highest BCUT2D eigenvalue weighted by atomic mass is 16.2. The molecule has 27 heavy (non-hydrogen) atoms. The van der Waals surface area contributed by atoms with Crippen LogP contribution in [0.5, 0.6) is 0 Å². The molecule has 2 amide bonds. The first-order valence-electron chi connectivity index (χ1n) is 10.4. The van der Waals surface area contributed by atoms with Crippen LogP contribution in [-0.2, 0) is 9.59 Å². The van der Waals surface area contributed by atoms with Crippen LogP contribution in [0.25, 0.3) is 0 Å². The maximum absolute atomic E-state index is 12.0. The molecule has 0 radical (unpaired) electrons. The molecule has 2 saturated carbocycles. The van der Waals surface area contributed by atoms with E-state index in [1.54, 1.807) is 26.0 Å². The van der Waals surface area contributed by atoms with E-state index in [1.165, 1.54) is 19.3 Å². The van der Waals surface area contributed by atoms with Gasteiger partial charge in [-0.25, -0.2) is 4.99 Å². The second-order valence-electron chi connectivity index (χ2n) is 8.27. The quantitative estimate of drug-likeness (QED) is 0.499. The second-order valence-corrected chi connectivity index (χ2v) is 8.27. The zero-order valence-electron chi connectivity index (χ0n) is 17.4. The summed E-state index contributed by atoms with van der Waals surface area (Å²) in [5.41, 5.74) is 0. The Kier molecular flexibility index (Phi) is 8.38. The molecule has 7 nitrogen and oxygen atoms in total. The summed E-state index contributed by atoms with van der Waals surface area (Å²) in [6.45, 7) is 2.44. The van der Waals surface area contributed by atoms with Gasteiger partial charge < -0.3 is 20.9 Å². The van der Waals surface area contributed by atoms with Crippen molar-refractivity contribution in [1.29, 1.82) is 0 Å². The van der Waals surface area contributed by atoms with Crippen molar-refractivity contribution in [2.75, 3.05) is 27.7 Å². The Hall–Kier alpha value is -1.79. The molecule has 2 atom stereocenters. The fourth-order valence-corrected chi connectivity index (χ4v) is 4.02. The maximum Gasteiger partial charge on any atom is 0.243 e. The van der Waals surface area contributed by atoms with Gasteiger partial charge in [-0.3, -0.25) is 9.59 Å². The van der Waals surface area contributed by atoms with Crippen molar-refractivity contribution < 1.29 is 9.59 Å². The van der Waals surface area contributed by atoms with Crippen LogP contribution >= 0.6 is 0 Å². The molecule has 0 aromatic carbocycles. The molecule has 0 aromatic rings. The largest absolute Gasteiger partial charge is 0.359 e. The summed E-state index contributed by atoms with van der Waals surface area (Å²) >= 11 is 0. The van der Waals surface area contributed by atoms with Crippen molar-refractivity contribution >= 4 is 17.8 Å². The topological polar surface area (TPSA) is 85.8 Å². The maximum atomic E-state index is 12.0. The van der Waals surface area contributed by atoms with Gasteiger partial charge in [0, 0.05) is 39.1 Å². The van der Waals surface area contributed by atoms with Crippen LogP contribution in [0.15, 0.2) is 4.99 Å². The number of carbonyl (C=O) groups excluding carboxylic acids is 2. The van der Waals surface area contributed by atoms with Crippen LogP contribution < -0.4 is 16.0 Å². The average Bonchev–Trinajstić information content (AvgIpc) is 2.67. The van der Waals surface area contributed by atoms with Gasteiger partial charge in [0.2, 0.25) is 11.8 Å². The fraction of sp³-hybridized carbons (Fsp3) is 0.850. The SMILES string of the molecule is CNC(=O)C1CCC(NC(=NCC(=O)N(C)C)NC2CCCCC2C)CC1. The highest BCUT2D eigenvalue weighted by Gasteiger charge is 2.27. The van der Waals surface area contributed by atoms with Gasteiger partial charge in [-0.15, -0.1) is 0 Å². The van der Waals surface area contributed by atoms with Gasteiger partial charge in [-0.1, -0.05) is 19.8 Å². The number of amides is 2. The monoisotopic (exact) mass is 379 g/mol. The fourth-order valence-electron chi connectivity index (χ4n) is 4.02. The zero-order chi connectivity index (χ0) is 19.8.